The van der Waals surface area contributed by atoms with Crippen molar-refractivity contribution in [2.24, 2.45) is 5.73 Å². The summed E-state index contributed by atoms with van der Waals surface area (Å²) in [5, 5.41) is 2.06. The predicted molar refractivity (Wildman–Crippen MR) is 80.0 cm³/mol. The zero-order valence-electron chi connectivity index (χ0n) is 10.2. The third-order valence-electron chi connectivity index (χ3n) is 2.75. The number of rotatable bonds is 5. The molecule has 4 heteroatoms. The smallest absolute Gasteiger partial charge is 0.124 e. The first kappa shape index (κ1) is 13.6. The Balaban J connectivity index is 2.09. The Kier molecular flexibility index (Phi) is 4.80. The summed E-state index contributed by atoms with van der Waals surface area (Å²) in [5.74, 6) is 0.886. The number of thiophene rings is 1. The van der Waals surface area contributed by atoms with E-state index in [-0.39, 0.29) is 6.04 Å². The molecule has 1 atom stereocenters. The average Bonchev–Trinajstić information content (AvgIpc) is 2.81. The zero-order chi connectivity index (χ0) is 13.0. The van der Waals surface area contributed by atoms with Gasteiger partial charge in [-0.25, -0.2) is 0 Å². The number of halogens is 1. The van der Waals surface area contributed by atoms with Gasteiger partial charge >= 0.3 is 0 Å². The lowest BCUT2D eigenvalue weighted by atomic mass is 10.0. The van der Waals surface area contributed by atoms with Crippen LogP contribution in [0.25, 0.3) is 0 Å². The van der Waals surface area contributed by atoms with E-state index in [1.807, 2.05) is 24.3 Å². The van der Waals surface area contributed by atoms with Crippen molar-refractivity contribution in [1.82, 2.24) is 0 Å². The molecule has 0 aliphatic rings. The van der Waals surface area contributed by atoms with Crippen molar-refractivity contribution in [3.63, 3.8) is 0 Å². The maximum atomic E-state index is 6.08. The van der Waals surface area contributed by atoms with Gasteiger partial charge in [0.15, 0.2) is 0 Å². The fraction of sp³-hybridized carbons (Fsp3) is 0.286. The van der Waals surface area contributed by atoms with Crippen molar-refractivity contribution >= 4 is 27.3 Å². The Bertz CT molecular complexity index is 512. The Hall–Kier alpha value is -0.840. The molecule has 0 saturated heterocycles. The summed E-state index contributed by atoms with van der Waals surface area (Å²) in [4.78, 5) is 1.20. The van der Waals surface area contributed by atoms with Crippen LogP contribution in [0.1, 0.15) is 29.8 Å². The molecule has 2 nitrogen and oxygen atoms in total. The van der Waals surface area contributed by atoms with Crippen LogP contribution in [0.5, 0.6) is 5.75 Å². The van der Waals surface area contributed by atoms with Gasteiger partial charge in [-0.05, 0) is 34.5 Å². The van der Waals surface area contributed by atoms with Gasteiger partial charge in [0.25, 0.3) is 0 Å². The van der Waals surface area contributed by atoms with Gasteiger partial charge in [-0.15, -0.1) is 11.3 Å². The molecule has 18 heavy (non-hydrogen) atoms. The highest BCUT2D eigenvalue weighted by Crippen LogP contribution is 2.27. The Labute approximate surface area is 120 Å². The predicted octanol–water partition coefficient (Wildman–Crippen LogP) is 4.50. The van der Waals surface area contributed by atoms with E-state index < -0.39 is 0 Å². The summed E-state index contributed by atoms with van der Waals surface area (Å²) in [6.45, 7) is 2.67. The summed E-state index contributed by atoms with van der Waals surface area (Å²) in [6.07, 6.45) is 0.908. The lowest BCUT2D eigenvalue weighted by molar-refractivity contribution is 0.304. The molecule has 0 aliphatic heterocycles. The van der Waals surface area contributed by atoms with Gasteiger partial charge in [0.1, 0.15) is 12.4 Å². The highest BCUT2D eigenvalue weighted by Gasteiger charge is 2.10. The third kappa shape index (κ3) is 3.34. The van der Waals surface area contributed by atoms with E-state index in [1.165, 1.54) is 4.88 Å². The molecule has 0 radical (unpaired) electrons. The van der Waals surface area contributed by atoms with Gasteiger partial charge in [0, 0.05) is 26.3 Å². The fourth-order valence-corrected chi connectivity index (χ4v) is 3.08. The SMILES string of the molecule is CC[C@@H](N)c1ccccc1OCc1cc(Br)cs1. The second-order valence-corrected chi connectivity index (χ2v) is 5.98. The van der Waals surface area contributed by atoms with Gasteiger partial charge in [-0.2, -0.15) is 0 Å². The van der Waals surface area contributed by atoms with Crippen molar-refractivity contribution in [3.05, 3.63) is 50.6 Å². The van der Waals surface area contributed by atoms with Gasteiger partial charge < -0.3 is 10.5 Å². The first-order chi connectivity index (χ1) is 8.70. The Morgan fingerprint density at radius 2 is 2.17 bits per heavy atom. The summed E-state index contributed by atoms with van der Waals surface area (Å²) >= 11 is 5.13. The van der Waals surface area contributed by atoms with Crippen molar-refractivity contribution in [2.45, 2.75) is 26.0 Å². The first-order valence-corrected chi connectivity index (χ1v) is 7.58. The molecular formula is C14H16BrNOS. The van der Waals surface area contributed by atoms with Crippen LogP contribution >= 0.6 is 27.3 Å². The molecule has 0 saturated carbocycles. The number of hydrogen-bond donors (Lipinski definition) is 1. The molecule has 0 bridgehead atoms. The van der Waals surface area contributed by atoms with E-state index in [1.54, 1.807) is 11.3 Å². The Morgan fingerprint density at radius 3 is 2.83 bits per heavy atom. The molecule has 0 amide bonds. The number of para-hydroxylation sites is 1. The van der Waals surface area contributed by atoms with Crippen LogP contribution < -0.4 is 10.5 Å². The topological polar surface area (TPSA) is 35.2 Å². The minimum absolute atomic E-state index is 0.0382. The summed E-state index contributed by atoms with van der Waals surface area (Å²) < 4.78 is 6.97. The van der Waals surface area contributed by atoms with Crippen LogP contribution in [0.4, 0.5) is 0 Å². The molecule has 0 aliphatic carbocycles. The quantitative estimate of drug-likeness (QED) is 0.878. The third-order valence-corrected chi connectivity index (χ3v) is 4.42. The molecule has 0 fully saturated rings. The molecule has 2 aromatic rings. The maximum Gasteiger partial charge on any atom is 0.124 e. The lowest BCUT2D eigenvalue weighted by Gasteiger charge is -2.15. The molecule has 0 unspecified atom stereocenters. The molecule has 1 aromatic heterocycles. The van der Waals surface area contributed by atoms with E-state index >= 15 is 0 Å². The Morgan fingerprint density at radius 1 is 1.39 bits per heavy atom. The van der Waals surface area contributed by atoms with Gasteiger partial charge in [0.2, 0.25) is 0 Å². The lowest BCUT2D eigenvalue weighted by Crippen LogP contribution is -2.10. The molecule has 1 aromatic carbocycles. The second-order valence-electron chi connectivity index (χ2n) is 4.07. The van der Waals surface area contributed by atoms with Crippen molar-refractivity contribution in [1.29, 1.82) is 0 Å². The monoisotopic (exact) mass is 325 g/mol. The summed E-state index contributed by atoms with van der Waals surface area (Å²) in [6, 6.07) is 10.1. The van der Waals surface area contributed by atoms with Crippen LogP contribution in [-0.4, -0.2) is 0 Å². The van der Waals surface area contributed by atoms with E-state index in [0.717, 1.165) is 22.2 Å². The molecule has 1 heterocycles. The number of ether oxygens (including phenoxy) is 1. The average molecular weight is 326 g/mol. The van der Waals surface area contributed by atoms with E-state index in [0.29, 0.717) is 6.61 Å². The van der Waals surface area contributed by atoms with Crippen LogP contribution in [0.3, 0.4) is 0 Å². The zero-order valence-corrected chi connectivity index (χ0v) is 12.6. The van der Waals surface area contributed by atoms with Crippen LogP contribution in [0.2, 0.25) is 0 Å². The molecule has 96 valence electrons. The van der Waals surface area contributed by atoms with E-state index in [2.05, 4.69) is 34.3 Å². The molecule has 0 spiro atoms. The van der Waals surface area contributed by atoms with E-state index in [4.69, 9.17) is 10.5 Å². The van der Waals surface area contributed by atoms with Crippen LogP contribution in [0, 0.1) is 0 Å². The normalized spacial score (nSPS) is 12.4. The minimum atomic E-state index is 0.0382. The van der Waals surface area contributed by atoms with Crippen LogP contribution in [0.15, 0.2) is 40.2 Å². The second kappa shape index (κ2) is 6.36. The van der Waals surface area contributed by atoms with Crippen molar-refractivity contribution in [3.8, 4) is 5.75 Å². The largest absolute Gasteiger partial charge is 0.488 e. The highest BCUT2D eigenvalue weighted by atomic mass is 79.9. The number of nitrogens with two attached hydrogens (primary N) is 1. The van der Waals surface area contributed by atoms with E-state index in [9.17, 15) is 0 Å². The number of benzene rings is 1. The summed E-state index contributed by atoms with van der Waals surface area (Å²) in [7, 11) is 0. The van der Waals surface area contributed by atoms with Crippen molar-refractivity contribution < 1.29 is 4.74 Å². The standard InChI is InChI=1S/C14H16BrNOS/c1-2-13(16)12-5-3-4-6-14(12)17-8-11-7-10(15)9-18-11/h3-7,9,13H,2,8,16H2,1H3/t13-/m1/s1. The highest BCUT2D eigenvalue weighted by molar-refractivity contribution is 9.10. The molecular weight excluding hydrogens is 310 g/mol. The van der Waals surface area contributed by atoms with Crippen molar-refractivity contribution in [2.75, 3.05) is 0 Å². The minimum Gasteiger partial charge on any atom is -0.488 e. The van der Waals surface area contributed by atoms with Gasteiger partial charge in [-0.3, -0.25) is 0 Å². The first-order valence-electron chi connectivity index (χ1n) is 5.91. The molecule has 2 N–H and O–H groups in total. The van der Waals surface area contributed by atoms with Crippen LogP contribution in [-0.2, 0) is 6.61 Å². The van der Waals surface area contributed by atoms with Gasteiger partial charge in [0.05, 0.1) is 0 Å². The fourth-order valence-electron chi connectivity index (χ4n) is 1.72. The summed E-state index contributed by atoms with van der Waals surface area (Å²) in [5.41, 5.74) is 7.16. The maximum absolute atomic E-state index is 6.08. The van der Waals surface area contributed by atoms with Gasteiger partial charge in [-0.1, -0.05) is 25.1 Å². The molecule has 2 rings (SSSR count). The number of hydrogen-bond acceptors (Lipinski definition) is 3.